The third kappa shape index (κ3) is 6.51. The maximum atomic E-state index is 7.22. The molecule has 0 fully saturated rings. The second-order valence-corrected chi connectivity index (χ2v) is 17.2. The molecule has 0 N–H and O–H groups in total. The Hall–Kier alpha value is -8.92. The molecule has 67 heavy (non-hydrogen) atoms. The zero-order valence-corrected chi connectivity index (χ0v) is 36.6. The maximum absolute atomic E-state index is 7.22. The Morgan fingerprint density at radius 3 is 1.51 bits per heavy atom. The van der Waals surface area contributed by atoms with Crippen molar-refractivity contribution in [2.24, 2.45) is 0 Å². The van der Waals surface area contributed by atoms with E-state index in [1.54, 1.807) is 0 Å². The zero-order valence-electron chi connectivity index (χ0n) is 36.6. The van der Waals surface area contributed by atoms with Gasteiger partial charge in [0.15, 0.2) is 0 Å². The van der Waals surface area contributed by atoms with E-state index >= 15 is 0 Å². The van der Waals surface area contributed by atoms with Crippen molar-refractivity contribution in [2.75, 3.05) is 4.90 Å². The van der Waals surface area contributed by atoms with Crippen LogP contribution < -0.4 is 4.90 Å². The number of benzene rings is 11. The molecule has 0 atom stereocenters. The lowest BCUT2D eigenvalue weighted by Crippen LogP contribution is -2.10. The van der Waals surface area contributed by atoms with Crippen LogP contribution in [0.1, 0.15) is 0 Å². The predicted molar refractivity (Wildman–Crippen MR) is 282 cm³/mol. The van der Waals surface area contributed by atoms with Crippen LogP contribution in [-0.2, 0) is 0 Å². The van der Waals surface area contributed by atoms with Gasteiger partial charge in [-0.25, -0.2) is 0 Å². The summed E-state index contributed by atoms with van der Waals surface area (Å²) in [6, 6.07) is 91.6. The average molecular weight is 855 g/mol. The summed E-state index contributed by atoms with van der Waals surface area (Å²) in [6.07, 6.45) is 0. The van der Waals surface area contributed by atoms with Gasteiger partial charge in [-0.05, 0) is 111 Å². The molecule has 0 spiro atoms. The first-order valence-electron chi connectivity index (χ1n) is 22.9. The van der Waals surface area contributed by atoms with Crippen LogP contribution in [0.3, 0.4) is 0 Å². The monoisotopic (exact) mass is 854 g/mol. The van der Waals surface area contributed by atoms with Crippen LogP contribution in [0.15, 0.2) is 259 Å². The van der Waals surface area contributed by atoms with E-state index in [2.05, 4.69) is 264 Å². The predicted octanol–water partition coefficient (Wildman–Crippen LogP) is 18.0. The summed E-state index contributed by atoms with van der Waals surface area (Å²) >= 11 is 0. The molecule has 314 valence electrons. The van der Waals surface area contributed by atoms with Gasteiger partial charge in [-0.2, -0.15) is 0 Å². The molecule has 2 heterocycles. The molecule has 11 aromatic carbocycles. The molecule has 13 rings (SSSR count). The normalized spacial score (nSPS) is 11.6. The molecule has 0 radical (unpaired) electrons. The number of fused-ring (bicyclic) bond motifs is 9. The molecular weight excluding hydrogens is 813 g/mol. The van der Waals surface area contributed by atoms with Crippen molar-refractivity contribution < 1.29 is 4.42 Å². The molecule has 0 aliphatic heterocycles. The first kappa shape index (κ1) is 38.5. The fourth-order valence-corrected chi connectivity index (χ4v) is 10.3. The Kier molecular flexibility index (Phi) is 9.17. The zero-order chi connectivity index (χ0) is 44.3. The lowest BCUT2D eigenvalue weighted by molar-refractivity contribution is 0.636. The molecule has 0 saturated carbocycles. The molecule has 0 saturated heterocycles. The molecule has 0 bridgehead atoms. The Balaban J connectivity index is 0.994. The van der Waals surface area contributed by atoms with E-state index in [1.165, 1.54) is 49.1 Å². The first-order valence-corrected chi connectivity index (χ1v) is 22.9. The fraction of sp³-hybridized carbons (Fsp3) is 0. The van der Waals surface area contributed by atoms with Gasteiger partial charge in [0.25, 0.3) is 0 Å². The quantitative estimate of drug-likeness (QED) is 0.142. The van der Waals surface area contributed by atoms with Crippen molar-refractivity contribution in [3.63, 3.8) is 0 Å². The standard InChI is InChI=1S/C64H42N2O/c1-4-18-43(19-5-1)44-34-37-50(38-35-44)65(51-26-16-22-46(40-51)47-36-39-60-58(42-47)55-30-14-15-33-59(55)66(60)49-24-8-3-9-25-49)52-27-17-23-48(41-52)63-61(45-20-6-2-7-21-45)62-56-31-12-10-28-53(56)54-29-11-13-32-57(54)64(62)67-63/h1-42H. The maximum Gasteiger partial charge on any atom is 0.143 e. The van der Waals surface area contributed by atoms with Crippen LogP contribution in [0.2, 0.25) is 0 Å². The van der Waals surface area contributed by atoms with Crippen molar-refractivity contribution in [1.29, 1.82) is 0 Å². The smallest absolute Gasteiger partial charge is 0.143 e. The van der Waals surface area contributed by atoms with Gasteiger partial charge < -0.3 is 13.9 Å². The molecule has 0 aliphatic rings. The SMILES string of the molecule is c1ccc(-c2ccc(N(c3cccc(-c4ccc5c(c4)c4ccccc4n5-c4ccccc4)c3)c3cccc(-c4oc5c6ccccc6c6ccccc6c5c4-c4ccccc4)c3)cc2)cc1. The largest absolute Gasteiger partial charge is 0.455 e. The minimum absolute atomic E-state index is 0.848. The number of aromatic nitrogens is 1. The third-order valence-corrected chi connectivity index (χ3v) is 13.4. The summed E-state index contributed by atoms with van der Waals surface area (Å²) in [5.41, 5.74) is 15.4. The minimum Gasteiger partial charge on any atom is -0.455 e. The Labute approximate surface area is 388 Å². The summed E-state index contributed by atoms with van der Waals surface area (Å²) in [7, 11) is 0. The van der Waals surface area contributed by atoms with Gasteiger partial charge >= 0.3 is 0 Å². The van der Waals surface area contributed by atoms with Crippen LogP contribution >= 0.6 is 0 Å². The second-order valence-electron chi connectivity index (χ2n) is 17.2. The van der Waals surface area contributed by atoms with Gasteiger partial charge in [0.2, 0.25) is 0 Å². The molecule has 3 heteroatoms. The highest BCUT2D eigenvalue weighted by molar-refractivity contribution is 6.28. The van der Waals surface area contributed by atoms with Crippen molar-refractivity contribution in [1.82, 2.24) is 4.57 Å². The summed E-state index contributed by atoms with van der Waals surface area (Å²) in [6.45, 7) is 0. The van der Waals surface area contributed by atoms with Gasteiger partial charge in [-0.15, -0.1) is 0 Å². The summed E-state index contributed by atoms with van der Waals surface area (Å²) in [4.78, 5) is 2.37. The van der Waals surface area contributed by atoms with Crippen molar-refractivity contribution in [2.45, 2.75) is 0 Å². The number of rotatable bonds is 8. The highest BCUT2D eigenvalue weighted by atomic mass is 16.3. The average Bonchev–Trinajstić information content (AvgIpc) is 3.97. The first-order chi connectivity index (χ1) is 33.2. The summed E-state index contributed by atoms with van der Waals surface area (Å²) < 4.78 is 9.59. The highest BCUT2D eigenvalue weighted by Crippen LogP contribution is 2.48. The summed E-state index contributed by atoms with van der Waals surface area (Å²) in [5, 5.41) is 8.28. The molecule has 3 nitrogen and oxygen atoms in total. The van der Waals surface area contributed by atoms with Crippen LogP contribution in [0, 0.1) is 0 Å². The third-order valence-electron chi connectivity index (χ3n) is 13.4. The number of hydrogen-bond acceptors (Lipinski definition) is 2. The van der Waals surface area contributed by atoms with Crippen molar-refractivity contribution >= 4 is 71.4 Å². The highest BCUT2D eigenvalue weighted by Gasteiger charge is 2.24. The minimum atomic E-state index is 0.848. The van der Waals surface area contributed by atoms with E-state index in [9.17, 15) is 0 Å². The van der Waals surface area contributed by atoms with Crippen molar-refractivity contribution in [3.05, 3.63) is 255 Å². The van der Waals surface area contributed by atoms with Gasteiger partial charge in [-0.3, -0.25) is 0 Å². The topological polar surface area (TPSA) is 21.3 Å². The van der Waals surface area contributed by atoms with Gasteiger partial charge in [0.1, 0.15) is 11.3 Å². The van der Waals surface area contributed by atoms with Crippen LogP contribution in [0.5, 0.6) is 0 Å². The second kappa shape index (κ2) is 16.0. The Bertz CT molecular complexity index is 3960. The van der Waals surface area contributed by atoms with E-state index in [0.29, 0.717) is 0 Å². The van der Waals surface area contributed by atoms with Gasteiger partial charge in [0.05, 0.1) is 11.0 Å². The Morgan fingerprint density at radius 2 is 0.791 bits per heavy atom. The number of nitrogens with zero attached hydrogens (tertiary/aromatic N) is 2. The molecule has 0 aliphatic carbocycles. The van der Waals surface area contributed by atoms with E-state index in [-0.39, 0.29) is 0 Å². The number of para-hydroxylation sites is 2. The number of hydrogen-bond donors (Lipinski definition) is 0. The lowest BCUT2D eigenvalue weighted by Gasteiger charge is -2.26. The van der Waals surface area contributed by atoms with E-state index < -0.39 is 0 Å². The molecule has 2 aromatic heterocycles. The molecule has 0 unspecified atom stereocenters. The van der Waals surface area contributed by atoms with Gasteiger partial charge in [-0.1, -0.05) is 188 Å². The fourth-order valence-electron chi connectivity index (χ4n) is 10.3. The Morgan fingerprint density at radius 1 is 0.299 bits per heavy atom. The van der Waals surface area contributed by atoms with Crippen molar-refractivity contribution in [3.8, 4) is 50.4 Å². The molecule has 13 aromatic rings. The van der Waals surface area contributed by atoms with Crippen LogP contribution in [0.25, 0.3) is 105 Å². The van der Waals surface area contributed by atoms with E-state index in [0.717, 1.165) is 72.7 Å². The number of anilines is 3. The van der Waals surface area contributed by atoms with Gasteiger partial charge in [0, 0.05) is 55.4 Å². The lowest BCUT2D eigenvalue weighted by atomic mass is 9.92. The summed E-state index contributed by atoms with van der Waals surface area (Å²) in [5.74, 6) is 0.848. The van der Waals surface area contributed by atoms with E-state index in [1.807, 2.05) is 0 Å². The number of furan rings is 1. The molecular formula is C64H42N2O. The van der Waals surface area contributed by atoms with Crippen LogP contribution in [-0.4, -0.2) is 4.57 Å². The van der Waals surface area contributed by atoms with E-state index in [4.69, 9.17) is 4.42 Å². The van der Waals surface area contributed by atoms with Crippen LogP contribution in [0.4, 0.5) is 17.1 Å². The molecule has 0 amide bonds.